The number of rotatable bonds is 4. The Morgan fingerprint density at radius 3 is 2.76 bits per heavy atom. The fourth-order valence-corrected chi connectivity index (χ4v) is 4.67. The van der Waals surface area contributed by atoms with Crippen LogP contribution in [0.1, 0.15) is 36.9 Å². The Balaban J connectivity index is 1.46. The van der Waals surface area contributed by atoms with Gasteiger partial charge in [-0.3, -0.25) is 4.79 Å². The SMILES string of the molecule is CN1CCC(Cn2c3c(ccc2=O)CC(NC2CCOC2)CC3)CC1. The molecule has 1 aromatic rings. The highest BCUT2D eigenvalue weighted by molar-refractivity contribution is 5.25. The van der Waals surface area contributed by atoms with Gasteiger partial charge in [-0.1, -0.05) is 6.07 Å². The van der Waals surface area contributed by atoms with Gasteiger partial charge in [0.2, 0.25) is 0 Å². The fraction of sp³-hybridized carbons (Fsp3) is 0.750. The van der Waals surface area contributed by atoms with Gasteiger partial charge >= 0.3 is 0 Å². The number of fused-ring (bicyclic) bond motifs is 1. The zero-order valence-electron chi connectivity index (χ0n) is 15.4. The second kappa shape index (κ2) is 7.60. The lowest BCUT2D eigenvalue weighted by Gasteiger charge is -2.32. The third kappa shape index (κ3) is 3.99. The molecule has 0 spiro atoms. The topological polar surface area (TPSA) is 46.5 Å². The number of ether oxygens (including phenoxy) is 1. The van der Waals surface area contributed by atoms with Crippen LogP contribution in [-0.4, -0.2) is 54.9 Å². The number of aromatic nitrogens is 1. The van der Waals surface area contributed by atoms with Crippen molar-refractivity contribution in [1.82, 2.24) is 14.8 Å². The van der Waals surface area contributed by atoms with E-state index in [9.17, 15) is 4.79 Å². The minimum absolute atomic E-state index is 0.188. The first-order valence-electron chi connectivity index (χ1n) is 9.93. The second-order valence-corrected chi connectivity index (χ2v) is 8.17. The second-order valence-electron chi connectivity index (χ2n) is 8.17. The molecule has 1 aliphatic carbocycles. The average molecular weight is 345 g/mol. The van der Waals surface area contributed by atoms with E-state index in [0.717, 1.165) is 58.5 Å². The molecule has 5 nitrogen and oxygen atoms in total. The third-order valence-corrected chi connectivity index (χ3v) is 6.27. The summed E-state index contributed by atoms with van der Waals surface area (Å²) in [6, 6.07) is 4.89. The average Bonchev–Trinajstić information content (AvgIpc) is 3.12. The number of likely N-dealkylation sites (tertiary alicyclic amines) is 1. The molecule has 2 unspecified atom stereocenters. The van der Waals surface area contributed by atoms with E-state index in [0.29, 0.717) is 18.0 Å². The largest absolute Gasteiger partial charge is 0.380 e. The van der Waals surface area contributed by atoms with E-state index in [-0.39, 0.29) is 5.56 Å². The summed E-state index contributed by atoms with van der Waals surface area (Å²) in [5, 5.41) is 3.76. The number of piperidine rings is 1. The summed E-state index contributed by atoms with van der Waals surface area (Å²) in [7, 11) is 2.19. The lowest BCUT2D eigenvalue weighted by atomic mass is 9.90. The van der Waals surface area contributed by atoms with Crippen LogP contribution in [0.2, 0.25) is 0 Å². The molecule has 25 heavy (non-hydrogen) atoms. The molecular weight excluding hydrogens is 314 g/mol. The van der Waals surface area contributed by atoms with Crippen LogP contribution in [0.5, 0.6) is 0 Å². The molecule has 0 radical (unpaired) electrons. The van der Waals surface area contributed by atoms with E-state index in [1.807, 2.05) is 0 Å². The lowest BCUT2D eigenvalue weighted by Crippen LogP contribution is -2.43. The molecule has 2 aliphatic heterocycles. The van der Waals surface area contributed by atoms with Crippen LogP contribution >= 0.6 is 0 Å². The Bertz CT molecular complexity index is 643. The van der Waals surface area contributed by atoms with Crippen LogP contribution < -0.4 is 10.9 Å². The molecule has 0 aromatic carbocycles. The van der Waals surface area contributed by atoms with Crippen molar-refractivity contribution in [1.29, 1.82) is 0 Å². The lowest BCUT2D eigenvalue weighted by molar-refractivity contribution is 0.187. The quantitative estimate of drug-likeness (QED) is 0.897. The van der Waals surface area contributed by atoms with Gasteiger partial charge in [0.25, 0.3) is 5.56 Å². The summed E-state index contributed by atoms with van der Waals surface area (Å²) in [5.74, 6) is 0.645. The van der Waals surface area contributed by atoms with Crippen molar-refractivity contribution in [2.75, 3.05) is 33.4 Å². The van der Waals surface area contributed by atoms with Crippen LogP contribution in [-0.2, 0) is 24.1 Å². The summed E-state index contributed by atoms with van der Waals surface area (Å²) < 4.78 is 7.58. The van der Waals surface area contributed by atoms with Crippen LogP contribution in [0.4, 0.5) is 0 Å². The van der Waals surface area contributed by atoms with Crippen molar-refractivity contribution >= 4 is 0 Å². The standard InChI is InChI=1S/C20H31N3O2/c1-22-9-6-15(7-10-22)13-23-19-4-3-17(21-18-8-11-25-14-18)12-16(19)2-5-20(23)24/h2,5,15,17-18,21H,3-4,6-14H2,1H3. The van der Waals surface area contributed by atoms with Gasteiger partial charge in [0, 0.05) is 37.0 Å². The maximum atomic E-state index is 12.5. The molecule has 1 N–H and O–H groups in total. The Hall–Kier alpha value is -1.17. The zero-order valence-corrected chi connectivity index (χ0v) is 15.4. The molecule has 2 atom stereocenters. The molecule has 1 aromatic heterocycles. The van der Waals surface area contributed by atoms with Crippen LogP contribution in [0, 0.1) is 5.92 Å². The maximum Gasteiger partial charge on any atom is 0.250 e. The summed E-state index contributed by atoms with van der Waals surface area (Å²) >= 11 is 0. The summed E-state index contributed by atoms with van der Waals surface area (Å²) in [6.07, 6.45) is 6.72. The minimum atomic E-state index is 0.188. The maximum absolute atomic E-state index is 12.5. The molecule has 4 rings (SSSR count). The van der Waals surface area contributed by atoms with Gasteiger partial charge in [-0.2, -0.15) is 0 Å². The fourth-order valence-electron chi connectivity index (χ4n) is 4.67. The first kappa shape index (κ1) is 17.3. The molecule has 138 valence electrons. The summed E-state index contributed by atoms with van der Waals surface area (Å²) in [6.45, 7) is 4.95. The van der Waals surface area contributed by atoms with Crippen LogP contribution in [0.15, 0.2) is 16.9 Å². The summed E-state index contributed by atoms with van der Waals surface area (Å²) in [5.41, 5.74) is 2.86. The molecule has 2 fully saturated rings. The van der Waals surface area contributed by atoms with Gasteiger partial charge in [0.1, 0.15) is 0 Å². The van der Waals surface area contributed by atoms with Gasteiger partial charge in [-0.05, 0) is 70.1 Å². The number of hydrogen-bond donors (Lipinski definition) is 1. The predicted molar refractivity (Wildman–Crippen MR) is 99.1 cm³/mol. The number of nitrogens with one attached hydrogen (secondary N) is 1. The normalized spacial score (nSPS) is 28.2. The van der Waals surface area contributed by atoms with Gasteiger partial charge in [0.15, 0.2) is 0 Å². The minimum Gasteiger partial charge on any atom is -0.380 e. The monoisotopic (exact) mass is 345 g/mol. The summed E-state index contributed by atoms with van der Waals surface area (Å²) in [4.78, 5) is 14.9. The molecule has 5 heteroatoms. The smallest absolute Gasteiger partial charge is 0.250 e. The molecule has 0 amide bonds. The van der Waals surface area contributed by atoms with Gasteiger partial charge in [-0.15, -0.1) is 0 Å². The number of nitrogens with zero attached hydrogens (tertiary/aromatic N) is 2. The van der Waals surface area contributed by atoms with Crippen molar-refractivity contribution in [2.24, 2.45) is 5.92 Å². The highest BCUT2D eigenvalue weighted by atomic mass is 16.5. The van der Waals surface area contributed by atoms with Gasteiger partial charge < -0.3 is 19.5 Å². The molecule has 0 bridgehead atoms. The van der Waals surface area contributed by atoms with Crippen molar-refractivity contribution < 1.29 is 4.74 Å². The number of hydrogen-bond acceptors (Lipinski definition) is 4. The Kier molecular flexibility index (Phi) is 5.25. The number of pyridine rings is 1. The molecular formula is C20H31N3O2. The predicted octanol–water partition coefficient (Wildman–Crippen LogP) is 1.43. The Morgan fingerprint density at radius 2 is 2.00 bits per heavy atom. The van der Waals surface area contributed by atoms with Crippen LogP contribution in [0.3, 0.4) is 0 Å². The first-order valence-corrected chi connectivity index (χ1v) is 9.93. The molecule has 2 saturated heterocycles. The van der Waals surface area contributed by atoms with E-state index in [4.69, 9.17) is 4.74 Å². The van der Waals surface area contributed by atoms with Crippen molar-refractivity contribution in [3.05, 3.63) is 33.7 Å². The van der Waals surface area contributed by atoms with Crippen LogP contribution in [0.25, 0.3) is 0 Å². The van der Waals surface area contributed by atoms with Gasteiger partial charge in [0.05, 0.1) is 6.61 Å². The van der Waals surface area contributed by atoms with Crippen molar-refractivity contribution in [3.63, 3.8) is 0 Å². The molecule has 3 aliphatic rings. The highest BCUT2D eigenvalue weighted by Crippen LogP contribution is 2.24. The molecule has 0 saturated carbocycles. The Labute approximate surface area is 150 Å². The highest BCUT2D eigenvalue weighted by Gasteiger charge is 2.26. The van der Waals surface area contributed by atoms with E-state index in [1.165, 1.54) is 24.1 Å². The Morgan fingerprint density at radius 1 is 1.16 bits per heavy atom. The van der Waals surface area contributed by atoms with E-state index in [2.05, 4.69) is 27.9 Å². The third-order valence-electron chi connectivity index (χ3n) is 6.27. The van der Waals surface area contributed by atoms with Gasteiger partial charge in [-0.25, -0.2) is 0 Å². The van der Waals surface area contributed by atoms with E-state index < -0.39 is 0 Å². The van der Waals surface area contributed by atoms with E-state index >= 15 is 0 Å². The van der Waals surface area contributed by atoms with E-state index in [1.54, 1.807) is 6.07 Å². The van der Waals surface area contributed by atoms with Crippen molar-refractivity contribution in [2.45, 2.75) is 57.2 Å². The van der Waals surface area contributed by atoms with Crippen molar-refractivity contribution in [3.8, 4) is 0 Å². The first-order chi connectivity index (χ1) is 12.2. The zero-order chi connectivity index (χ0) is 17.2. The molecule has 3 heterocycles.